The van der Waals surface area contributed by atoms with E-state index in [1.165, 1.54) is 13.0 Å². The van der Waals surface area contributed by atoms with Crippen molar-refractivity contribution in [3.05, 3.63) is 46.3 Å². The maximum Gasteiger partial charge on any atom is 0.351 e. The second kappa shape index (κ2) is 5.63. The van der Waals surface area contributed by atoms with Crippen LogP contribution in [0.3, 0.4) is 0 Å². The lowest BCUT2D eigenvalue weighted by atomic mass is 10.2. The highest BCUT2D eigenvalue weighted by molar-refractivity contribution is 5.94. The van der Waals surface area contributed by atoms with Gasteiger partial charge in [0.25, 0.3) is 5.91 Å². The summed E-state index contributed by atoms with van der Waals surface area (Å²) < 4.78 is 10.1. The minimum absolute atomic E-state index is 0.180. The lowest BCUT2D eigenvalue weighted by molar-refractivity contribution is -0.129. The van der Waals surface area contributed by atoms with Crippen LogP contribution < -0.4 is 10.9 Å². The Morgan fingerprint density at radius 1 is 1.32 bits per heavy atom. The van der Waals surface area contributed by atoms with Crippen molar-refractivity contribution in [1.82, 2.24) is 5.32 Å². The molecule has 1 aromatic heterocycles. The number of carbonyl (C=O) groups is 2. The number of esters is 1. The number of ether oxygens (including phenoxy) is 1. The van der Waals surface area contributed by atoms with Crippen molar-refractivity contribution in [2.45, 2.75) is 31.9 Å². The average Bonchev–Trinajstić information content (AvgIpc) is 3.30. The van der Waals surface area contributed by atoms with Gasteiger partial charge in [-0.15, -0.1) is 0 Å². The summed E-state index contributed by atoms with van der Waals surface area (Å²) in [5.74, 6) is -1.22. The van der Waals surface area contributed by atoms with Gasteiger partial charge in [-0.3, -0.25) is 4.79 Å². The van der Waals surface area contributed by atoms with E-state index >= 15 is 0 Å². The molecule has 0 bridgehead atoms. The van der Waals surface area contributed by atoms with Crippen molar-refractivity contribution in [1.29, 1.82) is 0 Å². The fourth-order valence-electron chi connectivity index (χ4n) is 2.03. The Bertz CT molecular complexity index is 790. The number of fused-ring (bicyclic) bond motifs is 1. The van der Waals surface area contributed by atoms with Crippen molar-refractivity contribution in [3.8, 4) is 0 Å². The number of benzene rings is 1. The summed E-state index contributed by atoms with van der Waals surface area (Å²) in [5, 5.41) is 3.35. The molecule has 3 rings (SSSR count). The summed E-state index contributed by atoms with van der Waals surface area (Å²) in [6.45, 7) is 1.47. The van der Waals surface area contributed by atoms with Crippen LogP contribution in [0.15, 0.2) is 39.5 Å². The number of para-hydroxylation sites is 1. The van der Waals surface area contributed by atoms with Gasteiger partial charge in [0.15, 0.2) is 6.10 Å². The summed E-state index contributed by atoms with van der Waals surface area (Å²) in [6, 6.07) is 8.45. The van der Waals surface area contributed by atoms with Crippen LogP contribution in [-0.2, 0) is 9.53 Å². The predicted molar refractivity (Wildman–Crippen MR) is 78.5 cm³/mol. The van der Waals surface area contributed by atoms with Crippen LogP contribution in [0.25, 0.3) is 11.0 Å². The summed E-state index contributed by atoms with van der Waals surface area (Å²) >= 11 is 0. The number of amides is 1. The van der Waals surface area contributed by atoms with Crippen molar-refractivity contribution in [2.75, 3.05) is 0 Å². The zero-order valence-corrected chi connectivity index (χ0v) is 12.0. The van der Waals surface area contributed by atoms with Crippen LogP contribution in [0.2, 0.25) is 0 Å². The van der Waals surface area contributed by atoms with Gasteiger partial charge < -0.3 is 14.5 Å². The van der Waals surface area contributed by atoms with Gasteiger partial charge in [0.05, 0.1) is 0 Å². The maximum atomic E-state index is 12.1. The third-order valence-electron chi connectivity index (χ3n) is 3.44. The van der Waals surface area contributed by atoms with E-state index in [1.807, 2.05) is 0 Å². The van der Waals surface area contributed by atoms with Crippen molar-refractivity contribution in [3.63, 3.8) is 0 Å². The van der Waals surface area contributed by atoms with Gasteiger partial charge in [0.1, 0.15) is 11.1 Å². The van der Waals surface area contributed by atoms with E-state index < -0.39 is 17.7 Å². The highest BCUT2D eigenvalue weighted by Crippen LogP contribution is 2.19. The Labute approximate surface area is 126 Å². The SMILES string of the molecule is C[C@H](OC(=O)c1cc2ccccc2oc1=O)C(=O)NC1CC1. The maximum absolute atomic E-state index is 12.1. The van der Waals surface area contributed by atoms with Crippen LogP contribution >= 0.6 is 0 Å². The summed E-state index contributed by atoms with van der Waals surface area (Å²) in [6.07, 6.45) is 0.931. The van der Waals surface area contributed by atoms with E-state index in [2.05, 4.69) is 5.32 Å². The van der Waals surface area contributed by atoms with Gasteiger partial charge in [-0.1, -0.05) is 18.2 Å². The zero-order valence-electron chi connectivity index (χ0n) is 12.0. The Hall–Kier alpha value is -2.63. The highest BCUT2D eigenvalue weighted by atomic mass is 16.5. The Morgan fingerprint density at radius 3 is 2.77 bits per heavy atom. The minimum Gasteiger partial charge on any atom is -0.449 e. The molecular weight excluding hydrogens is 286 g/mol. The minimum atomic E-state index is -0.959. The zero-order chi connectivity index (χ0) is 15.7. The first-order chi connectivity index (χ1) is 10.5. The smallest absolute Gasteiger partial charge is 0.351 e. The molecule has 2 aromatic rings. The van der Waals surface area contributed by atoms with Gasteiger partial charge in [-0.05, 0) is 31.9 Å². The summed E-state index contributed by atoms with van der Waals surface area (Å²) in [5.41, 5.74) is -0.605. The molecule has 1 heterocycles. The quantitative estimate of drug-likeness (QED) is 0.685. The second-order valence-corrected chi connectivity index (χ2v) is 5.32. The van der Waals surface area contributed by atoms with Crippen LogP contribution in [0.4, 0.5) is 0 Å². The van der Waals surface area contributed by atoms with Gasteiger partial charge in [-0.25, -0.2) is 9.59 Å². The molecule has 1 aromatic carbocycles. The van der Waals surface area contributed by atoms with E-state index in [0.29, 0.717) is 11.0 Å². The molecule has 22 heavy (non-hydrogen) atoms. The first kappa shape index (κ1) is 14.3. The molecule has 0 unspecified atom stereocenters. The number of hydrogen-bond acceptors (Lipinski definition) is 5. The van der Waals surface area contributed by atoms with Gasteiger partial charge in [0, 0.05) is 11.4 Å². The largest absolute Gasteiger partial charge is 0.449 e. The van der Waals surface area contributed by atoms with E-state index in [-0.39, 0.29) is 17.5 Å². The van der Waals surface area contributed by atoms with E-state index in [1.54, 1.807) is 24.3 Å². The van der Waals surface area contributed by atoms with Crippen LogP contribution in [0.1, 0.15) is 30.1 Å². The first-order valence-electron chi connectivity index (χ1n) is 7.09. The molecule has 0 spiro atoms. The molecule has 1 atom stereocenters. The highest BCUT2D eigenvalue weighted by Gasteiger charge is 2.28. The predicted octanol–water partition coefficient (Wildman–Crippen LogP) is 1.62. The van der Waals surface area contributed by atoms with E-state index in [0.717, 1.165) is 12.8 Å². The second-order valence-electron chi connectivity index (χ2n) is 5.32. The standard InChI is InChI=1S/C16H15NO5/c1-9(14(18)17-11-6-7-11)21-15(19)12-8-10-4-2-3-5-13(10)22-16(12)20/h2-5,8-9,11H,6-7H2,1H3,(H,17,18)/t9-/m0/s1. The molecule has 0 radical (unpaired) electrons. The van der Waals surface area contributed by atoms with Gasteiger partial charge in [0.2, 0.25) is 0 Å². The number of hydrogen-bond donors (Lipinski definition) is 1. The fraction of sp³-hybridized carbons (Fsp3) is 0.312. The van der Waals surface area contributed by atoms with Crippen molar-refractivity contribution >= 4 is 22.8 Å². The molecule has 1 N–H and O–H groups in total. The molecule has 6 heteroatoms. The molecule has 1 aliphatic rings. The fourth-order valence-corrected chi connectivity index (χ4v) is 2.03. The molecule has 1 amide bonds. The normalized spacial score (nSPS) is 15.3. The molecule has 1 fully saturated rings. The average molecular weight is 301 g/mol. The molecule has 0 aliphatic heterocycles. The Morgan fingerprint density at radius 2 is 2.05 bits per heavy atom. The summed E-state index contributed by atoms with van der Waals surface area (Å²) in [4.78, 5) is 35.7. The van der Waals surface area contributed by atoms with Crippen molar-refractivity contribution < 1.29 is 18.7 Å². The van der Waals surface area contributed by atoms with Crippen LogP contribution in [0, 0.1) is 0 Å². The van der Waals surface area contributed by atoms with Crippen LogP contribution in [-0.4, -0.2) is 24.0 Å². The first-order valence-corrected chi connectivity index (χ1v) is 7.09. The van der Waals surface area contributed by atoms with E-state index in [4.69, 9.17) is 9.15 Å². The number of nitrogens with one attached hydrogen (secondary N) is 1. The molecule has 1 aliphatic carbocycles. The lowest BCUT2D eigenvalue weighted by Crippen LogP contribution is -2.37. The Kier molecular flexibility index (Phi) is 3.66. The number of carbonyl (C=O) groups excluding carboxylic acids is 2. The van der Waals surface area contributed by atoms with Crippen LogP contribution in [0.5, 0.6) is 0 Å². The molecule has 1 saturated carbocycles. The van der Waals surface area contributed by atoms with Gasteiger partial charge in [-0.2, -0.15) is 0 Å². The topological polar surface area (TPSA) is 85.6 Å². The number of rotatable bonds is 4. The van der Waals surface area contributed by atoms with Crippen molar-refractivity contribution in [2.24, 2.45) is 0 Å². The molecule has 114 valence electrons. The summed E-state index contributed by atoms with van der Waals surface area (Å²) in [7, 11) is 0. The van der Waals surface area contributed by atoms with E-state index in [9.17, 15) is 14.4 Å². The monoisotopic (exact) mass is 301 g/mol. The Balaban J connectivity index is 1.77. The van der Waals surface area contributed by atoms with Gasteiger partial charge >= 0.3 is 11.6 Å². The third kappa shape index (κ3) is 3.00. The molecule has 6 nitrogen and oxygen atoms in total. The molecular formula is C16H15NO5. The third-order valence-corrected chi connectivity index (χ3v) is 3.44. The molecule has 0 saturated heterocycles. The lowest BCUT2D eigenvalue weighted by Gasteiger charge is -2.12.